The lowest BCUT2D eigenvalue weighted by Gasteiger charge is -2.42. The highest BCUT2D eigenvalue weighted by Gasteiger charge is 2.41. The number of hydrogen-bond donors (Lipinski definition) is 4. The van der Waals surface area contributed by atoms with E-state index in [0.29, 0.717) is 111 Å². The zero-order valence-electron chi connectivity index (χ0n) is 39.1. The highest BCUT2D eigenvalue weighted by atomic mass is 16.5. The molecule has 1 saturated heterocycles. The van der Waals surface area contributed by atoms with E-state index in [1.807, 2.05) is 16.8 Å². The van der Waals surface area contributed by atoms with Crippen LogP contribution in [0, 0.1) is 11.3 Å². The molecule has 2 aromatic carbocycles. The number of nitriles is 1. The molecule has 8 rings (SSSR count). The van der Waals surface area contributed by atoms with Crippen LogP contribution in [0.4, 0.5) is 11.5 Å². The molecular formula is C49H59N11O9. The maximum atomic E-state index is 13.1. The summed E-state index contributed by atoms with van der Waals surface area (Å²) in [5.41, 5.74) is 5.08. The minimum absolute atomic E-state index is 0.0196. The van der Waals surface area contributed by atoms with Gasteiger partial charge in [0.15, 0.2) is 11.5 Å². The fourth-order valence-electron chi connectivity index (χ4n) is 9.55. The molecule has 4 aliphatic rings. The van der Waals surface area contributed by atoms with Crippen molar-refractivity contribution in [2.45, 2.75) is 89.4 Å². The molecule has 5 heterocycles. The highest BCUT2D eigenvalue weighted by Crippen LogP contribution is 2.44. The SMILES string of the molecule is CC[C@@H]1c2c(C#N)ncn2-c2cnc(Cc3ccc(C(=O)NCCOCCOCCOCCNCCC(=O)Nc4cccc5c4CN(C4CCC(=O)NC4=O)C5=O)cc3OC)nc2N1C1CCCC1. The van der Waals surface area contributed by atoms with Crippen LogP contribution < -0.4 is 30.9 Å². The Morgan fingerprint density at radius 2 is 1.71 bits per heavy atom. The molecule has 2 aromatic heterocycles. The first kappa shape index (κ1) is 48.7. The number of fused-ring (bicyclic) bond motifs is 4. The lowest BCUT2D eigenvalue weighted by Crippen LogP contribution is -2.52. The summed E-state index contributed by atoms with van der Waals surface area (Å²) < 4.78 is 24.5. The first-order valence-electron chi connectivity index (χ1n) is 23.8. The van der Waals surface area contributed by atoms with Crippen LogP contribution in [0.3, 0.4) is 0 Å². The molecule has 0 radical (unpaired) electrons. The average molecular weight is 946 g/mol. The molecule has 364 valence electrons. The Kier molecular flexibility index (Phi) is 16.2. The van der Waals surface area contributed by atoms with Crippen LogP contribution >= 0.6 is 0 Å². The molecule has 1 aliphatic carbocycles. The number of piperidine rings is 1. The lowest BCUT2D eigenvalue weighted by atomic mass is 10.0. The minimum atomic E-state index is -0.726. The van der Waals surface area contributed by atoms with Crippen molar-refractivity contribution in [1.82, 2.24) is 40.4 Å². The number of carbonyl (C=O) groups excluding carboxylic acids is 5. The lowest BCUT2D eigenvalue weighted by molar-refractivity contribution is -0.137. The number of hydrogen-bond acceptors (Lipinski definition) is 15. The number of amides is 5. The number of anilines is 2. The van der Waals surface area contributed by atoms with Crippen LogP contribution in [0.1, 0.15) is 113 Å². The number of imidazole rings is 1. The van der Waals surface area contributed by atoms with Crippen LogP contribution in [0.15, 0.2) is 48.9 Å². The van der Waals surface area contributed by atoms with Gasteiger partial charge >= 0.3 is 0 Å². The van der Waals surface area contributed by atoms with Gasteiger partial charge in [0.25, 0.3) is 11.8 Å². The monoisotopic (exact) mass is 945 g/mol. The Balaban J connectivity index is 0.680. The van der Waals surface area contributed by atoms with Gasteiger partial charge in [-0.1, -0.05) is 31.9 Å². The number of rotatable bonds is 23. The molecule has 4 aromatic rings. The third kappa shape index (κ3) is 11.2. The zero-order valence-corrected chi connectivity index (χ0v) is 39.1. The van der Waals surface area contributed by atoms with Gasteiger partial charge in [0.05, 0.1) is 64.7 Å². The Morgan fingerprint density at radius 3 is 2.45 bits per heavy atom. The van der Waals surface area contributed by atoms with Crippen LogP contribution in [-0.4, -0.2) is 132 Å². The summed E-state index contributed by atoms with van der Waals surface area (Å²) in [4.78, 5) is 80.9. The highest BCUT2D eigenvalue weighted by molar-refractivity contribution is 6.06. The number of carbonyl (C=O) groups is 5. The van der Waals surface area contributed by atoms with Gasteiger partial charge in [-0.2, -0.15) is 5.26 Å². The fourth-order valence-corrected chi connectivity index (χ4v) is 9.55. The third-order valence-electron chi connectivity index (χ3n) is 13.0. The first-order chi connectivity index (χ1) is 33.7. The normalized spacial score (nSPS) is 17.6. The van der Waals surface area contributed by atoms with E-state index in [0.717, 1.165) is 54.9 Å². The van der Waals surface area contributed by atoms with Crippen molar-refractivity contribution in [3.63, 3.8) is 0 Å². The largest absolute Gasteiger partial charge is 0.496 e. The van der Waals surface area contributed by atoms with Crippen molar-refractivity contribution in [1.29, 1.82) is 5.26 Å². The second-order valence-electron chi connectivity index (χ2n) is 17.3. The number of methoxy groups -OCH3 is 1. The Labute approximate surface area is 400 Å². The summed E-state index contributed by atoms with van der Waals surface area (Å²) in [7, 11) is 1.58. The summed E-state index contributed by atoms with van der Waals surface area (Å²) >= 11 is 0. The predicted octanol–water partition coefficient (Wildman–Crippen LogP) is 3.51. The number of benzene rings is 2. The molecule has 0 spiro atoms. The topological polar surface area (TPSA) is 244 Å². The number of ether oxygens (including phenoxy) is 4. The predicted molar refractivity (Wildman–Crippen MR) is 251 cm³/mol. The smallest absolute Gasteiger partial charge is 0.255 e. The quantitative estimate of drug-likeness (QED) is 0.0614. The Hall–Kier alpha value is -6.79. The van der Waals surface area contributed by atoms with E-state index < -0.39 is 11.9 Å². The van der Waals surface area contributed by atoms with Crippen molar-refractivity contribution < 1.29 is 42.9 Å². The number of imide groups is 1. The molecule has 2 atom stereocenters. The average Bonchev–Trinajstić information content (AvgIpc) is 4.12. The van der Waals surface area contributed by atoms with E-state index in [1.54, 1.807) is 43.8 Å². The van der Waals surface area contributed by atoms with Gasteiger partial charge in [-0.25, -0.2) is 15.0 Å². The molecule has 20 heteroatoms. The van der Waals surface area contributed by atoms with Gasteiger partial charge in [0, 0.05) is 79.4 Å². The standard InChI is InChI=1S/C49H59N11O9/c1-3-38-45-37(27-50)54-30-59(45)40-28-53-42(56-46(40)60(38)33-7-4-5-8-33)26-31-11-12-32(25-41(31)66-2)47(63)52-18-20-68-22-24-69-23-21-67-19-17-51-16-15-44(62)55-36-10-6-9-34-35(36)29-58(49(34)65)39-13-14-43(61)57-48(39)64/h6,9-12,25,28,30,33,38-39,51H,3-5,7-8,13-24,26,29H2,1-2H3,(H,52,63)(H,55,62)(H,57,61,64)/t38-,39?/m1/s1. The van der Waals surface area contributed by atoms with Gasteiger partial charge in [-0.15, -0.1) is 0 Å². The second kappa shape index (κ2) is 23.0. The number of aromatic nitrogens is 4. The summed E-state index contributed by atoms with van der Waals surface area (Å²) in [6.07, 6.45) is 9.84. The van der Waals surface area contributed by atoms with Crippen molar-refractivity contribution in [3.05, 3.63) is 88.4 Å². The van der Waals surface area contributed by atoms with E-state index in [1.165, 1.54) is 4.90 Å². The van der Waals surface area contributed by atoms with Crippen LogP contribution in [0.5, 0.6) is 5.75 Å². The maximum Gasteiger partial charge on any atom is 0.255 e. The Morgan fingerprint density at radius 1 is 0.942 bits per heavy atom. The molecule has 0 bridgehead atoms. The fraction of sp³-hybridized carbons (Fsp3) is 0.490. The van der Waals surface area contributed by atoms with Crippen molar-refractivity contribution in [3.8, 4) is 17.5 Å². The van der Waals surface area contributed by atoms with E-state index in [9.17, 15) is 29.2 Å². The summed E-state index contributed by atoms with van der Waals surface area (Å²) in [6, 6.07) is 12.3. The number of nitrogens with one attached hydrogen (secondary N) is 4. The molecule has 3 aliphatic heterocycles. The second-order valence-corrected chi connectivity index (χ2v) is 17.3. The van der Waals surface area contributed by atoms with E-state index in [2.05, 4.69) is 44.1 Å². The van der Waals surface area contributed by atoms with E-state index in [-0.39, 0.29) is 55.5 Å². The van der Waals surface area contributed by atoms with Crippen LogP contribution in [0.25, 0.3) is 5.69 Å². The molecule has 69 heavy (non-hydrogen) atoms. The molecule has 1 saturated carbocycles. The molecule has 4 N–H and O–H groups in total. The van der Waals surface area contributed by atoms with Gasteiger partial charge in [0.1, 0.15) is 35.7 Å². The molecule has 2 fully saturated rings. The van der Waals surface area contributed by atoms with E-state index in [4.69, 9.17) is 28.9 Å². The van der Waals surface area contributed by atoms with Crippen molar-refractivity contribution in [2.75, 3.05) is 76.6 Å². The van der Waals surface area contributed by atoms with Gasteiger partial charge in [0.2, 0.25) is 17.7 Å². The number of nitrogens with zero attached hydrogens (tertiary/aromatic N) is 7. The van der Waals surface area contributed by atoms with Gasteiger partial charge < -0.3 is 44.7 Å². The Bertz CT molecular complexity index is 2570. The van der Waals surface area contributed by atoms with Crippen molar-refractivity contribution >= 4 is 41.0 Å². The summed E-state index contributed by atoms with van der Waals surface area (Å²) in [5, 5.41) is 21.1. The van der Waals surface area contributed by atoms with Crippen molar-refractivity contribution in [2.24, 2.45) is 0 Å². The molecule has 1 unspecified atom stereocenters. The third-order valence-corrected chi connectivity index (χ3v) is 13.0. The maximum absolute atomic E-state index is 13.1. The van der Waals surface area contributed by atoms with Crippen LogP contribution in [0.2, 0.25) is 0 Å². The molecule has 20 nitrogen and oxygen atoms in total. The molecule has 5 amide bonds. The van der Waals surface area contributed by atoms with Gasteiger partial charge in [-0.05, 0) is 49.9 Å². The zero-order chi connectivity index (χ0) is 48.3. The van der Waals surface area contributed by atoms with Gasteiger partial charge in [-0.3, -0.25) is 33.9 Å². The summed E-state index contributed by atoms with van der Waals surface area (Å²) in [6.45, 7) is 5.85. The minimum Gasteiger partial charge on any atom is -0.496 e. The summed E-state index contributed by atoms with van der Waals surface area (Å²) in [5.74, 6) is 0.452. The molecular weight excluding hydrogens is 887 g/mol. The van der Waals surface area contributed by atoms with Crippen LogP contribution in [-0.2, 0) is 41.6 Å². The van der Waals surface area contributed by atoms with E-state index >= 15 is 0 Å². The first-order valence-corrected chi connectivity index (χ1v) is 23.8.